The van der Waals surface area contributed by atoms with Gasteiger partial charge in [-0.05, 0) is 30.4 Å². The second-order valence-corrected chi connectivity index (χ2v) is 5.63. The predicted octanol–water partition coefficient (Wildman–Crippen LogP) is 3.59. The number of aromatic amines is 1. The maximum Gasteiger partial charge on any atom is 0.251 e. The topological polar surface area (TPSA) is 45.8 Å². The van der Waals surface area contributed by atoms with Gasteiger partial charge in [-0.3, -0.25) is 4.79 Å². The van der Waals surface area contributed by atoms with Gasteiger partial charge in [0.2, 0.25) is 0 Å². The number of rotatable bonds is 5. The zero-order chi connectivity index (χ0) is 14.5. The Kier molecular flexibility index (Phi) is 4.72. The van der Waals surface area contributed by atoms with E-state index in [9.17, 15) is 4.79 Å². The molecule has 1 N–H and O–H groups in total. The highest BCUT2D eigenvalue weighted by molar-refractivity contribution is 5.59. The van der Waals surface area contributed by atoms with Crippen molar-refractivity contribution in [3.63, 3.8) is 0 Å². The van der Waals surface area contributed by atoms with Crippen molar-refractivity contribution in [3.05, 3.63) is 52.1 Å². The molecular weight excluding hydrogens is 248 g/mol. The first-order valence-corrected chi connectivity index (χ1v) is 7.28. The van der Waals surface area contributed by atoms with Gasteiger partial charge in [0.05, 0.1) is 5.69 Å². The first-order chi connectivity index (χ1) is 9.58. The van der Waals surface area contributed by atoms with E-state index in [2.05, 4.69) is 42.9 Å². The minimum absolute atomic E-state index is 0.0762. The summed E-state index contributed by atoms with van der Waals surface area (Å²) < 4.78 is 0. The summed E-state index contributed by atoms with van der Waals surface area (Å²) in [5.41, 5.74) is 3.00. The van der Waals surface area contributed by atoms with E-state index in [0.29, 0.717) is 5.92 Å². The van der Waals surface area contributed by atoms with Gasteiger partial charge in [0, 0.05) is 18.1 Å². The van der Waals surface area contributed by atoms with Crippen LogP contribution in [0.5, 0.6) is 0 Å². The quantitative estimate of drug-likeness (QED) is 0.902. The van der Waals surface area contributed by atoms with Crippen LogP contribution in [-0.4, -0.2) is 9.97 Å². The molecule has 0 fully saturated rings. The Morgan fingerprint density at radius 2 is 2.05 bits per heavy atom. The van der Waals surface area contributed by atoms with Crippen molar-refractivity contribution in [1.29, 1.82) is 0 Å². The fourth-order valence-electron chi connectivity index (χ4n) is 2.34. The van der Waals surface area contributed by atoms with Crippen LogP contribution >= 0.6 is 0 Å². The monoisotopic (exact) mass is 270 g/mol. The van der Waals surface area contributed by atoms with Gasteiger partial charge in [-0.1, -0.05) is 39.0 Å². The molecule has 0 aliphatic carbocycles. The Balaban J connectivity index is 2.38. The standard InChI is InChI=1S/C17H22N2O/c1-4-6-16-18-15(11-17(20)19-16)14-8-5-7-13(10-14)9-12(2)3/h5,7-8,10-12H,4,6,9H2,1-3H3,(H,18,19,20). The highest BCUT2D eigenvalue weighted by Crippen LogP contribution is 2.19. The molecule has 0 saturated carbocycles. The van der Waals surface area contributed by atoms with Gasteiger partial charge in [-0.15, -0.1) is 0 Å². The van der Waals surface area contributed by atoms with Crippen LogP contribution in [0, 0.1) is 5.92 Å². The lowest BCUT2D eigenvalue weighted by Gasteiger charge is -2.08. The molecule has 2 aromatic rings. The lowest BCUT2D eigenvalue weighted by molar-refractivity contribution is 0.647. The zero-order valence-electron chi connectivity index (χ0n) is 12.4. The molecule has 0 aliphatic heterocycles. The second-order valence-electron chi connectivity index (χ2n) is 5.63. The van der Waals surface area contributed by atoms with E-state index >= 15 is 0 Å². The Morgan fingerprint density at radius 1 is 1.25 bits per heavy atom. The third-order valence-electron chi connectivity index (χ3n) is 3.14. The predicted molar refractivity (Wildman–Crippen MR) is 82.8 cm³/mol. The average molecular weight is 270 g/mol. The van der Waals surface area contributed by atoms with Gasteiger partial charge in [-0.25, -0.2) is 4.98 Å². The van der Waals surface area contributed by atoms with Gasteiger partial charge >= 0.3 is 0 Å². The van der Waals surface area contributed by atoms with E-state index in [-0.39, 0.29) is 5.56 Å². The third kappa shape index (κ3) is 3.80. The van der Waals surface area contributed by atoms with Crippen molar-refractivity contribution in [2.45, 2.75) is 40.0 Å². The number of hydrogen-bond acceptors (Lipinski definition) is 2. The van der Waals surface area contributed by atoms with E-state index in [1.54, 1.807) is 6.07 Å². The molecule has 0 spiro atoms. The van der Waals surface area contributed by atoms with E-state index < -0.39 is 0 Å². The molecule has 0 saturated heterocycles. The minimum Gasteiger partial charge on any atom is -0.311 e. The van der Waals surface area contributed by atoms with Crippen molar-refractivity contribution in [2.75, 3.05) is 0 Å². The number of nitrogens with zero attached hydrogens (tertiary/aromatic N) is 1. The first kappa shape index (κ1) is 14.5. The van der Waals surface area contributed by atoms with Crippen molar-refractivity contribution < 1.29 is 0 Å². The van der Waals surface area contributed by atoms with E-state index in [1.807, 2.05) is 12.1 Å². The molecule has 0 bridgehead atoms. The summed E-state index contributed by atoms with van der Waals surface area (Å²) in [4.78, 5) is 19.1. The van der Waals surface area contributed by atoms with E-state index in [0.717, 1.165) is 36.3 Å². The normalized spacial score (nSPS) is 11.0. The van der Waals surface area contributed by atoms with Crippen molar-refractivity contribution in [2.24, 2.45) is 5.92 Å². The SMILES string of the molecule is CCCc1nc(-c2cccc(CC(C)C)c2)cc(=O)[nH]1. The van der Waals surface area contributed by atoms with Crippen molar-refractivity contribution >= 4 is 0 Å². The van der Waals surface area contributed by atoms with Crippen LogP contribution in [0.3, 0.4) is 0 Å². The number of benzene rings is 1. The van der Waals surface area contributed by atoms with E-state index in [4.69, 9.17) is 0 Å². The molecule has 0 radical (unpaired) electrons. The average Bonchev–Trinajstić information content (AvgIpc) is 2.38. The summed E-state index contributed by atoms with van der Waals surface area (Å²) >= 11 is 0. The third-order valence-corrected chi connectivity index (χ3v) is 3.14. The van der Waals surface area contributed by atoms with Crippen LogP contribution in [0.1, 0.15) is 38.6 Å². The van der Waals surface area contributed by atoms with Crippen molar-refractivity contribution in [3.8, 4) is 11.3 Å². The Bertz CT molecular complexity index is 629. The first-order valence-electron chi connectivity index (χ1n) is 7.28. The fraction of sp³-hybridized carbons (Fsp3) is 0.412. The van der Waals surface area contributed by atoms with Crippen LogP contribution < -0.4 is 5.56 Å². The van der Waals surface area contributed by atoms with Crippen LogP contribution in [0.2, 0.25) is 0 Å². The summed E-state index contributed by atoms with van der Waals surface area (Å²) in [5.74, 6) is 1.39. The zero-order valence-corrected chi connectivity index (χ0v) is 12.4. The molecule has 0 atom stereocenters. The largest absolute Gasteiger partial charge is 0.311 e. The van der Waals surface area contributed by atoms with Gasteiger partial charge in [-0.2, -0.15) is 0 Å². The molecule has 2 rings (SSSR count). The number of aryl methyl sites for hydroxylation is 1. The summed E-state index contributed by atoms with van der Waals surface area (Å²) in [5, 5.41) is 0. The van der Waals surface area contributed by atoms with Gasteiger partial charge in [0.15, 0.2) is 0 Å². The smallest absolute Gasteiger partial charge is 0.251 e. The Labute approximate surface area is 120 Å². The molecule has 106 valence electrons. The number of nitrogens with one attached hydrogen (secondary N) is 1. The molecule has 1 heterocycles. The molecule has 3 nitrogen and oxygen atoms in total. The highest BCUT2D eigenvalue weighted by Gasteiger charge is 2.05. The maximum absolute atomic E-state index is 11.7. The van der Waals surface area contributed by atoms with Gasteiger partial charge < -0.3 is 4.98 Å². The molecule has 1 aromatic heterocycles. The highest BCUT2D eigenvalue weighted by atomic mass is 16.1. The van der Waals surface area contributed by atoms with Crippen LogP contribution in [-0.2, 0) is 12.8 Å². The van der Waals surface area contributed by atoms with Crippen LogP contribution in [0.4, 0.5) is 0 Å². The number of aromatic nitrogens is 2. The van der Waals surface area contributed by atoms with Crippen LogP contribution in [0.25, 0.3) is 11.3 Å². The van der Waals surface area contributed by atoms with Gasteiger partial charge in [0.25, 0.3) is 5.56 Å². The summed E-state index contributed by atoms with van der Waals surface area (Å²) in [6.45, 7) is 6.49. The lowest BCUT2D eigenvalue weighted by atomic mass is 10.00. The maximum atomic E-state index is 11.7. The van der Waals surface area contributed by atoms with Crippen LogP contribution in [0.15, 0.2) is 35.1 Å². The molecule has 1 aromatic carbocycles. The summed E-state index contributed by atoms with van der Waals surface area (Å²) in [6, 6.07) is 9.89. The number of H-pyrrole nitrogens is 1. The lowest BCUT2D eigenvalue weighted by Crippen LogP contribution is -2.11. The molecular formula is C17H22N2O. The van der Waals surface area contributed by atoms with Gasteiger partial charge in [0.1, 0.15) is 5.82 Å². The van der Waals surface area contributed by atoms with Crippen molar-refractivity contribution in [1.82, 2.24) is 9.97 Å². The fourth-order valence-corrected chi connectivity index (χ4v) is 2.34. The molecule has 0 amide bonds. The molecule has 0 aliphatic rings. The summed E-state index contributed by atoms with van der Waals surface area (Å²) in [6.07, 6.45) is 2.81. The van der Waals surface area contributed by atoms with E-state index in [1.165, 1.54) is 5.56 Å². The Morgan fingerprint density at radius 3 is 2.75 bits per heavy atom. The Hall–Kier alpha value is -1.90. The number of hydrogen-bond donors (Lipinski definition) is 1. The second kappa shape index (κ2) is 6.51. The minimum atomic E-state index is -0.0762. The molecule has 0 unspecified atom stereocenters. The molecule has 3 heteroatoms. The molecule has 20 heavy (non-hydrogen) atoms. The summed E-state index contributed by atoms with van der Waals surface area (Å²) in [7, 11) is 0.